The number of carboxylic acids is 1. The third kappa shape index (κ3) is 2.64. The van der Waals surface area contributed by atoms with Crippen LogP contribution in [0.5, 0.6) is 0 Å². The number of hydrogen-bond acceptors (Lipinski definition) is 1. The number of hydrogen-bond donors (Lipinski definition) is 1. The minimum Gasteiger partial charge on any atom is -0.478 e. The second-order valence-corrected chi connectivity index (χ2v) is 4.04. The van der Waals surface area contributed by atoms with E-state index in [1.807, 2.05) is 0 Å². The fourth-order valence-electron chi connectivity index (χ4n) is 1.83. The Balaban J connectivity index is 2.61. The van der Waals surface area contributed by atoms with Crippen LogP contribution in [-0.4, -0.2) is 11.1 Å². The first kappa shape index (κ1) is 14.0. The van der Waals surface area contributed by atoms with Crippen LogP contribution in [0.25, 0.3) is 11.1 Å². The summed E-state index contributed by atoms with van der Waals surface area (Å²) in [5, 5.41) is 8.71. The molecule has 104 valence electrons. The molecule has 0 aliphatic heterocycles. The van der Waals surface area contributed by atoms with Crippen molar-refractivity contribution in [3.05, 3.63) is 59.4 Å². The summed E-state index contributed by atoms with van der Waals surface area (Å²) in [7, 11) is 0. The maximum Gasteiger partial charge on any atom is 0.417 e. The molecule has 0 amide bonds. The molecule has 0 aliphatic rings. The van der Waals surface area contributed by atoms with E-state index in [4.69, 9.17) is 5.11 Å². The topological polar surface area (TPSA) is 37.3 Å². The number of carboxylic acid groups (broad SMARTS) is 1. The van der Waals surface area contributed by atoms with E-state index in [2.05, 4.69) is 0 Å². The van der Waals surface area contributed by atoms with Crippen molar-refractivity contribution in [3.8, 4) is 11.1 Å². The van der Waals surface area contributed by atoms with Gasteiger partial charge in [-0.2, -0.15) is 13.2 Å². The maximum absolute atomic E-state index is 13.8. The normalized spacial score (nSPS) is 11.4. The van der Waals surface area contributed by atoms with Gasteiger partial charge >= 0.3 is 12.1 Å². The Morgan fingerprint density at radius 2 is 1.65 bits per heavy atom. The smallest absolute Gasteiger partial charge is 0.417 e. The van der Waals surface area contributed by atoms with Crippen LogP contribution in [0.1, 0.15) is 15.9 Å². The van der Waals surface area contributed by atoms with E-state index in [0.717, 1.165) is 24.3 Å². The standard InChI is InChI=1S/C14H8F4O2/c15-12-7-8(13(19)20)5-6-10(12)9-3-1-2-4-11(9)14(16,17)18/h1-7H,(H,19,20). The molecule has 6 heteroatoms. The van der Waals surface area contributed by atoms with E-state index in [1.54, 1.807) is 0 Å². The zero-order valence-electron chi connectivity index (χ0n) is 9.91. The average molecular weight is 284 g/mol. The Morgan fingerprint density at radius 3 is 2.20 bits per heavy atom. The zero-order chi connectivity index (χ0) is 14.9. The molecule has 0 atom stereocenters. The Labute approximate surface area is 111 Å². The predicted octanol–water partition coefficient (Wildman–Crippen LogP) is 4.21. The number of halogens is 4. The van der Waals surface area contributed by atoms with E-state index in [1.165, 1.54) is 12.1 Å². The lowest BCUT2D eigenvalue weighted by Crippen LogP contribution is -2.07. The van der Waals surface area contributed by atoms with Gasteiger partial charge in [0.25, 0.3) is 0 Å². The molecule has 0 heterocycles. The lowest BCUT2D eigenvalue weighted by Gasteiger charge is -2.13. The zero-order valence-corrected chi connectivity index (χ0v) is 9.91. The first-order valence-electron chi connectivity index (χ1n) is 5.50. The molecule has 0 saturated heterocycles. The predicted molar refractivity (Wildman–Crippen MR) is 63.8 cm³/mol. The fraction of sp³-hybridized carbons (Fsp3) is 0.0714. The van der Waals surface area contributed by atoms with Crippen molar-refractivity contribution in [2.75, 3.05) is 0 Å². The van der Waals surface area contributed by atoms with Gasteiger partial charge < -0.3 is 5.11 Å². The number of benzene rings is 2. The molecule has 0 bridgehead atoms. The van der Waals surface area contributed by atoms with Crippen molar-refractivity contribution in [2.24, 2.45) is 0 Å². The lowest BCUT2D eigenvalue weighted by molar-refractivity contribution is -0.137. The van der Waals surface area contributed by atoms with Crippen LogP contribution in [-0.2, 0) is 6.18 Å². The number of rotatable bonds is 2. The van der Waals surface area contributed by atoms with E-state index < -0.39 is 23.5 Å². The van der Waals surface area contributed by atoms with E-state index in [9.17, 15) is 22.4 Å². The maximum atomic E-state index is 13.8. The molecule has 0 fully saturated rings. The molecule has 0 aromatic heterocycles. The van der Waals surface area contributed by atoms with Crippen molar-refractivity contribution in [1.29, 1.82) is 0 Å². The van der Waals surface area contributed by atoms with Gasteiger partial charge in [-0.3, -0.25) is 0 Å². The highest BCUT2D eigenvalue weighted by molar-refractivity contribution is 5.88. The highest BCUT2D eigenvalue weighted by Gasteiger charge is 2.33. The quantitative estimate of drug-likeness (QED) is 0.839. The molecule has 0 aliphatic carbocycles. The van der Waals surface area contributed by atoms with Crippen molar-refractivity contribution in [3.63, 3.8) is 0 Å². The van der Waals surface area contributed by atoms with Crippen LogP contribution >= 0.6 is 0 Å². The molecular formula is C14H8F4O2. The molecule has 0 radical (unpaired) electrons. The number of aromatic carboxylic acids is 1. The summed E-state index contributed by atoms with van der Waals surface area (Å²) in [6, 6.07) is 7.34. The Morgan fingerprint density at radius 1 is 1.00 bits per heavy atom. The second kappa shape index (κ2) is 4.96. The summed E-state index contributed by atoms with van der Waals surface area (Å²) < 4.78 is 52.4. The van der Waals surface area contributed by atoms with E-state index >= 15 is 0 Å². The summed E-state index contributed by atoms with van der Waals surface area (Å²) in [6.45, 7) is 0. The second-order valence-electron chi connectivity index (χ2n) is 4.04. The molecule has 0 spiro atoms. The monoisotopic (exact) mass is 284 g/mol. The van der Waals surface area contributed by atoms with Crippen molar-refractivity contribution >= 4 is 5.97 Å². The van der Waals surface area contributed by atoms with Crippen molar-refractivity contribution < 1.29 is 27.5 Å². The van der Waals surface area contributed by atoms with Crippen LogP contribution in [0.4, 0.5) is 17.6 Å². The first-order valence-corrected chi connectivity index (χ1v) is 5.50. The summed E-state index contributed by atoms with van der Waals surface area (Å²) in [5.74, 6) is -2.36. The Hall–Kier alpha value is -2.37. The van der Waals surface area contributed by atoms with Crippen LogP contribution in [0, 0.1) is 5.82 Å². The molecule has 2 rings (SSSR count). The number of carbonyl (C=O) groups is 1. The lowest BCUT2D eigenvalue weighted by atomic mass is 9.98. The van der Waals surface area contributed by atoms with Gasteiger partial charge in [0.2, 0.25) is 0 Å². The van der Waals surface area contributed by atoms with Crippen LogP contribution in [0.2, 0.25) is 0 Å². The average Bonchev–Trinajstić information content (AvgIpc) is 2.37. The highest BCUT2D eigenvalue weighted by atomic mass is 19.4. The molecule has 0 saturated carbocycles. The summed E-state index contributed by atoms with van der Waals surface area (Å²) in [6.07, 6.45) is -4.62. The molecule has 2 aromatic carbocycles. The number of alkyl halides is 3. The van der Waals surface area contributed by atoms with E-state index in [-0.39, 0.29) is 16.7 Å². The van der Waals surface area contributed by atoms with Gasteiger partial charge in [-0.15, -0.1) is 0 Å². The van der Waals surface area contributed by atoms with Crippen LogP contribution in [0.15, 0.2) is 42.5 Å². The Bertz CT molecular complexity index is 662. The summed E-state index contributed by atoms with van der Waals surface area (Å²) in [4.78, 5) is 10.7. The Kier molecular flexibility index (Phi) is 3.48. The third-order valence-electron chi connectivity index (χ3n) is 2.74. The molecular weight excluding hydrogens is 276 g/mol. The molecule has 2 aromatic rings. The minimum absolute atomic E-state index is 0.289. The fourth-order valence-corrected chi connectivity index (χ4v) is 1.83. The van der Waals surface area contributed by atoms with Crippen molar-refractivity contribution in [2.45, 2.75) is 6.18 Å². The third-order valence-corrected chi connectivity index (χ3v) is 2.74. The summed E-state index contributed by atoms with van der Waals surface area (Å²) in [5.41, 5.74) is -1.91. The van der Waals surface area contributed by atoms with Gasteiger partial charge in [-0.1, -0.05) is 24.3 Å². The van der Waals surface area contributed by atoms with Crippen molar-refractivity contribution in [1.82, 2.24) is 0 Å². The molecule has 1 N–H and O–H groups in total. The highest BCUT2D eigenvalue weighted by Crippen LogP contribution is 2.37. The largest absolute Gasteiger partial charge is 0.478 e. The molecule has 0 unspecified atom stereocenters. The SMILES string of the molecule is O=C(O)c1ccc(-c2ccccc2C(F)(F)F)c(F)c1. The van der Waals surface area contributed by atoms with Gasteiger partial charge in [0.1, 0.15) is 5.82 Å². The van der Waals surface area contributed by atoms with Crippen LogP contribution < -0.4 is 0 Å². The summed E-state index contributed by atoms with van der Waals surface area (Å²) >= 11 is 0. The van der Waals surface area contributed by atoms with E-state index in [0.29, 0.717) is 6.07 Å². The van der Waals surface area contributed by atoms with Gasteiger partial charge in [0.05, 0.1) is 11.1 Å². The van der Waals surface area contributed by atoms with Crippen LogP contribution in [0.3, 0.4) is 0 Å². The van der Waals surface area contributed by atoms with Gasteiger partial charge in [-0.25, -0.2) is 9.18 Å². The first-order chi connectivity index (χ1) is 9.30. The molecule has 20 heavy (non-hydrogen) atoms. The van der Waals surface area contributed by atoms with Gasteiger partial charge in [0, 0.05) is 5.56 Å². The molecule has 2 nitrogen and oxygen atoms in total. The van der Waals surface area contributed by atoms with Gasteiger partial charge in [-0.05, 0) is 23.8 Å². The van der Waals surface area contributed by atoms with Gasteiger partial charge in [0.15, 0.2) is 0 Å². The minimum atomic E-state index is -4.62.